The third-order valence-electron chi connectivity index (χ3n) is 4.79. The maximum atomic E-state index is 12.5. The highest BCUT2D eigenvalue weighted by molar-refractivity contribution is 6.01. The summed E-state index contributed by atoms with van der Waals surface area (Å²) in [5, 5.41) is 14.3. The van der Waals surface area contributed by atoms with Crippen molar-refractivity contribution >= 4 is 16.8 Å². The minimum Gasteiger partial charge on any atom is -0.508 e. The Hall–Kier alpha value is -2.79. The molecule has 0 spiro atoms. The van der Waals surface area contributed by atoms with Gasteiger partial charge in [0.05, 0.1) is 6.04 Å². The molecule has 1 atom stereocenters. The first-order chi connectivity index (χ1) is 12.0. The van der Waals surface area contributed by atoms with E-state index in [0.29, 0.717) is 11.1 Å². The standard InChI is InChI=1S/C20H21N3O2/c1-11-8-14-13(9-17(11)24)19(22-20(14)25)18-12-6-4-5-7-15(12)21-16(18)10-23(2)3/h4-9,19,21,24H,10H2,1-3H3,(H,22,25)/t19-/m1/s1. The molecule has 128 valence electrons. The molecule has 4 rings (SSSR count). The van der Waals surface area contributed by atoms with Crippen molar-refractivity contribution < 1.29 is 9.90 Å². The fourth-order valence-corrected chi connectivity index (χ4v) is 3.65. The molecule has 25 heavy (non-hydrogen) atoms. The molecule has 5 nitrogen and oxygen atoms in total. The molecule has 0 aliphatic carbocycles. The van der Waals surface area contributed by atoms with E-state index in [2.05, 4.69) is 21.3 Å². The van der Waals surface area contributed by atoms with E-state index in [1.165, 1.54) is 0 Å². The van der Waals surface area contributed by atoms with Crippen molar-refractivity contribution in [1.29, 1.82) is 0 Å². The van der Waals surface area contributed by atoms with Crippen molar-refractivity contribution in [2.75, 3.05) is 14.1 Å². The van der Waals surface area contributed by atoms with Gasteiger partial charge in [-0.1, -0.05) is 18.2 Å². The summed E-state index contributed by atoms with van der Waals surface area (Å²) in [4.78, 5) is 18.1. The van der Waals surface area contributed by atoms with Gasteiger partial charge in [0.2, 0.25) is 0 Å². The fraction of sp³-hybridized carbons (Fsp3) is 0.250. The molecule has 1 aliphatic rings. The number of hydrogen-bond donors (Lipinski definition) is 3. The molecule has 3 aromatic rings. The molecule has 3 N–H and O–H groups in total. The third kappa shape index (κ3) is 2.48. The lowest BCUT2D eigenvalue weighted by Crippen LogP contribution is -2.22. The Morgan fingerprint density at radius 2 is 1.96 bits per heavy atom. The van der Waals surface area contributed by atoms with Gasteiger partial charge in [-0.25, -0.2) is 0 Å². The van der Waals surface area contributed by atoms with Crippen molar-refractivity contribution in [3.8, 4) is 5.75 Å². The number of carbonyl (C=O) groups excluding carboxylic acids is 1. The molecule has 2 aromatic carbocycles. The SMILES string of the molecule is Cc1cc2c(cc1O)[C@H](c1c(CN(C)C)[nH]c3ccccc13)NC2=O. The van der Waals surface area contributed by atoms with Crippen LogP contribution in [0.4, 0.5) is 0 Å². The molecule has 1 aromatic heterocycles. The number of carbonyl (C=O) groups is 1. The third-order valence-corrected chi connectivity index (χ3v) is 4.79. The van der Waals surface area contributed by atoms with Gasteiger partial charge >= 0.3 is 0 Å². The summed E-state index contributed by atoms with van der Waals surface area (Å²) in [5.74, 6) is 0.124. The lowest BCUT2D eigenvalue weighted by Gasteiger charge is -2.17. The zero-order valence-electron chi connectivity index (χ0n) is 14.6. The molecule has 1 aliphatic heterocycles. The summed E-state index contributed by atoms with van der Waals surface area (Å²) < 4.78 is 0. The minimum absolute atomic E-state index is 0.0933. The zero-order valence-corrected chi connectivity index (χ0v) is 14.6. The Kier molecular flexibility index (Phi) is 3.54. The summed E-state index contributed by atoms with van der Waals surface area (Å²) in [6, 6.07) is 11.3. The molecule has 0 unspecified atom stereocenters. The van der Waals surface area contributed by atoms with Crippen LogP contribution in [0.25, 0.3) is 10.9 Å². The molecular formula is C20H21N3O2. The van der Waals surface area contributed by atoms with E-state index in [1.807, 2.05) is 32.3 Å². The number of H-pyrrole nitrogens is 1. The Morgan fingerprint density at radius 1 is 1.20 bits per heavy atom. The number of aryl methyl sites for hydroxylation is 1. The van der Waals surface area contributed by atoms with Gasteiger partial charge < -0.3 is 20.3 Å². The summed E-state index contributed by atoms with van der Waals surface area (Å²) >= 11 is 0. The zero-order chi connectivity index (χ0) is 17.7. The van der Waals surface area contributed by atoms with E-state index < -0.39 is 0 Å². The molecule has 0 saturated carbocycles. The van der Waals surface area contributed by atoms with Gasteiger partial charge in [-0.2, -0.15) is 0 Å². The first kappa shape index (κ1) is 15.7. The van der Waals surface area contributed by atoms with E-state index >= 15 is 0 Å². The van der Waals surface area contributed by atoms with Crippen molar-refractivity contribution in [3.05, 3.63) is 64.3 Å². The monoisotopic (exact) mass is 335 g/mol. The van der Waals surface area contributed by atoms with Crippen molar-refractivity contribution in [2.45, 2.75) is 19.5 Å². The number of para-hydroxylation sites is 1. The molecule has 5 heteroatoms. The molecular weight excluding hydrogens is 314 g/mol. The summed E-state index contributed by atoms with van der Waals surface area (Å²) in [6.45, 7) is 2.54. The minimum atomic E-state index is -0.264. The van der Waals surface area contributed by atoms with Gasteiger partial charge in [0, 0.05) is 34.3 Å². The van der Waals surface area contributed by atoms with Gasteiger partial charge in [-0.15, -0.1) is 0 Å². The summed E-state index contributed by atoms with van der Waals surface area (Å²) in [7, 11) is 4.04. The molecule has 2 heterocycles. The maximum Gasteiger partial charge on any atom is 0.252 e. The van der Waals surface area contributed by atoms with E-state index in [4.69, 9.17) is 0 Å². The highest BCUT2D eigenvalue weighted by atomic mass is 16.3. The number of rotatable bonds is 3. The Bertz CT molecular complexity index is 988. The van der Waals surface area contributed by atoms with Gasteiger partial charge in [-0.3, -0.25) is 4.79 Å². The quantitative estimate of drug-likeness (QED) is 0.689. The number of nitrogens with one attached hydrogen (secondary N) is 2. The van der Waals surface area contributed by atoms with E-state index in [9.17, 15) is 9.90 Å². The molecule has 0 radical (unpaired) electrons. The van der Waals surface area contributed by atoms with Crippen LogP contribution < -0.4 is 5.32 Å². The van der Waals surface area contributed by atoms with Gasteiger partial charge in [-0.05, 0) is 50.3 Å². The van der Waals surface area contributed by atoms with Crippen LogP contribution in [0.2, 0.25) is 0 Å². The number of phenolic OH excluding ortho intramolecular Hbond substituents is 1. The van der Waals surface area contributed by atoms with Crippen molar-refractivity contribution in [2.24, 2.45) is 0 Å². The van der Waals surface area contributed by atoms with Crippen LogP contribution in [-0.2, 0) is 6.54 Å². The Balaban J connectivity index is 1.94. The second-order valence-corrected chi connectivity index (χ2v) is 6.93. The maximum absolute atomic E-state index is 12.5. The number of fused-ring (bicyclic) bond motifs is 2. The van der Waals surface area contributed by atoms with E-state index in [1.54, 1.807) is 19.1 Å². The van der Waals surface area contributed by atoms with Crippen LogP contribution in [0.3, 0.4) is 0 Å². The van der Waals surface area contributed by atoms with Crippen LogP contribution in [0, 0.1) is 6.92 Å². The number of aromatic amines is 1. The highest BCUT2D eigenvalue weighted by Gasteiger charge is 2.33. The van der Waals surface area contributed by atoms with Crippen LogP contribution >= 0.6 is 0 Å². The van der Waals surface area contributed by atoms with Gasteiger partial charge in [0.25, 0.3) is 5.91 Å². The lowest BCUT2D eigenvalue weighted by atomic mass is 9.94. The van der Waals surface area contributed by atoms with Gasteiger partial charge in [0.15, 0.2) is 0 Å². The molecule has 0 fully saturated rings. The second kappa shape index (κ2) is 5.63. The first-order valence-electron chi connectivity index (χ1n) is 8.34. The number of benzene rings is 2. The average molecular weight is 335 g/mol. The predicted octanol–water partition coefficient (Wildman–Crippen LogP) is 3.08. The van der Waals surface area contributed by atoms with Crippen molar-refractivity contribution in [1.82, 2.24) is 15.2 Å². The predicted molar refractivity (Wildman–Crippen MR) is 97.8 cm³/mol. The number of phenols is 1. The number of aromatic nitrogens is 1. The van der Waals surface area contributed by atoms with Crippen LogP contribution in [0.1, 0.15) is 38.8 Å². The van der Waals surface area contributed by atoms with Crippen LogP contribution in [-0.4, -0.2) is 35.0 Å². The summed E-state index contributed by atoms with van der Waals surface area (Å²) in [6.07, 6.45) is 0. The Morgan fingerprint density at radius 3 is 2.72 bits per heavy atom. The van der Waals surface area contributed by atoms with Crippen molar-refractivity contribution in [3.63, 3.8) is 0 Å². The van der Waals surface area contributed by atoms with Crippen LogP contribution in [0.15, 0.2) is 36.4 Å². The number of amides is 1. The number of hydrogen-bond acceptors (Lipinski definition) is 3. The normalized spacial score (nSPS) is 16.5. The van der Waals surface area contributed by atoms with Gasteiger partial charge in [0.1, 0.15) is 5.75 Å². The highest BCUT2D eigenvalue weighted by Crippen LogP contribution is 2.39. The first-order valence-corrected chi connectivity index (χ1v) is 8.34. The average Bonchev–Trinajstić information content (AvgIpc) is 3.05. The summed E-state index contributed by atoms with van der Waals surface area (Å²) in [5.41, 5.74) is 5.37. The fourth-order valence-electron chi connectivity index (χ4n) is 3.65. The lowest BCUT2D eigenvalue weighted by molar-refractivity contribution is 0.0960. The van der Waals surface area contributed by atoms with E-state index in [0.717, 1.165) is 34.3 Å². The second-order valence-electron chi connectivity index (χ2n) is 6.93. The molecule has 1 amide bonds. The number of aromatic hydroxyl groups is 1. The smallest absolute Gasteiger partial charge is 0.252 e. The number of nitrogens with zero attached hydrogens (tertiary/aromatic N) is 1. The van der Waals surface area contributed by atoms with Crippen LogP contribution in [0.5, 0.6) is 5.75 Å². The molecule has 0 bridgehead atoms. The topological polar surface area (TPSA) is 68.4 Å². The molecule has 0 saturated heterocycles. The Labute approximate surface area is 146 Å². The van der Waals surface area contributed by atoms with E-state index in [-0.39, 0.29) is 17.7 Å². The largest absolute Gasteiger partial charge is 0.508 e.